The number of piperazine rings is 1. The zero-order valence-corrected chi connectivity index (χ0v) is 12.2. The molecule has 0 aromatic heterocycles. The second kappa shape index (κ2) is 6.01. The van der Waals surface area contributed by atoms with E-state index in [1.54, 1.807) is 0 Å². The molecule has 0 atom stereocenters. The maximum Gasteiger partial charge on any atom is 0.233 e. The van der Waals surface area contributed by atoms with Crippen LogP contribution in [0.2, 0.25) is 0 Å². The lowest BCUT2D eigenvalue weighted by Gasteiger charge is -2.35. The molecule has 0 unspecified atom stereocenters. The van der Waals surface area contributed by atoms with Crippen LogP contribution in [0.4, 0.5) is 0 Å². The van der Waals surface area contributed by atoms with E-state index in [-0.39, 0.29) is 5.91 Å². The predicted octanol–water partition coefficient (Wildman–Crippen LogP) is 1.96. The molecule has 94 valence electrons. The average molecular weight is 291 g/mol. The maximum atomic E-state index is 11.5. The van der Waals surface area contributed by atoms with Gasteiger partial charge in [0.25, 0.3) is 0 Å². The molecule has 0 saturated carbocycles. The van der Waals surface area contributed by atoms with Crippen molar-refractivity contribution in [3.8, 4) is 0 Å². The minimum atomic E-state index is 0.218. The fourth-order valence-corrected chi connectivity index (χ4v) is 2.15. The van der Waals surface area contributed by atoms with Gasteiger partial charge in [0.2, 0.25) is 5.91 Å². The summed E-state index contributed by atoms with van der Waals surface area (Å²) in [5, 5.41) is 0.453. The summed E-state index contributed by atoms with van der Waals surface area (Å²) >= 11 is 3.22. The number of halogens is 1. The van der Waals surface area contributed by atoms with Crippen molar-refractivity contribution in [1.29, 1.82) is 0 Å². The van der Waals surface area contributed by atoms with E-state index in [9.17, 15) is 4.79 Å². The molecule has 0 radical (unpaired) electrons. The fraction of sp³-hybridized carbons (Fsp3) is 0.917. The number of hydrogen-bond acceptors (Lipinski definition) is 2. The molecular formula is C12H23BrN2O. The molecule has 1 saturated heterocycles. The summed E-state index contributed by atoms with van der Waals surface area (Å²) in [6, 6.07) is 0. The average Bonchev–Trinajstić information content (AvgIpc) is 2.25. The van der Waals surface area contributed by atoms with Gasteiger partial charge in [0.1, 0.15) is 0 Å². The molecule has 0 spiro atoms. The monoisotopic (exact) mass is 290 g/mol. The van der Waals surface area contributed by atoms with Gasteiger partial charge in [-0.2, -0.15) is 0 Å². The number of carbonyl (C=O) groups is 1. The van der Waals surface area contributed by atoms with Crippen molar-refractivity contribution < 1.29 is 4.79 Å². The SMILES string of the molecule is CC(C)(C)CCN1CCN(C(=O)CBr)CC1. The van der Waals surface area contributed by atoms with Crippen LogP contribution < -0.4 is 0 Å². The number of alkyl halides is 1. The Hall–Kier alpha value is -0.0900. The molecule has 1 heterocycles. The Kier molecular flexibility index (Phi) is 5.25. The van der Waals surface area contributed by atoms with E-state index < -0.39 is 0 Å². The van der Waals surface area contributed by atoms with Crippen LogP contribution in [0.3, 0.4) is 0 Å². The second-order valence-corrected chi connectivity index (χ2v) is 6.23. The molecule has 0 aromatic rings. The van der Waals surface area contributed by atoms with Gasteiger partial charge in [-0.25, -0.2) is 0 Å². The minimum absolute atomic E-state index is 0.218. The molecule has 16 heavy (non-hydrogen) atoms. The molecule has 0 aromatic carbocycles. The van der Waals surface area contributed by atoms with Crippen LogP contribution in [-0.2, 0) is 4.79 Å². The lowest BCUT2D eigenvalue weighted by atomic mass is 9.92. The first-order valence-electron chi connectivity index (χ1n) is 5.98. The lowest BCUT2D eigenvalue weighted by molar-refractivity contribution is -0.130. The molecule has 4 heteroatoms. The summed E-state index contributed by atoms with van der Waals surface area (Å²) in [4.78, 5) is 15.9. The van der Waals surface area contributed by atoms with E-state index in [1.807, 2.05) is 4.90 Å². The Balaban J connectivity index is 2.24. The van der Waals surface area contributed by atoms with E-state index in [1.165, 1.54) is 6.42 Å². The number of rotatable bonds is 3. The number of amides is 1. The number of nitrogens with zero attached hydrogens (tertiary/aromatic N) is 2. The van der Waals surface area contributed by atoms with Crippen LogP contribution in [0, 0.1) is 5.41 Å². The molecule has 0 aliphatic carbocycles. The molecule has 1 aliphatic rings. The van der Waals surface area contributed by atoms with Gasteiger partial charge in [0.05, 0.1) is 5.33 Å². The standard InChI is InChI=1S/C12H23BrN2O/c1-12(2,3)4-5-14-6-8-15(9-7-14)11(16)10-13/h4-10H2,1-3H3. The first-order valence-corrected chi connectivity index (χ1v) is 7.10. The van der Waals surface area contributed by atoms with Crippen LogP contribution >= 0.6 is 15.9 Å². The Morgan fingerprint density at radius 3 is 2.19 bits per heavy atom. The highest BCUT2D eigenvalue weighted by molar-refractivity contribution is 9.09. The maximum absolute atomic E-state index is 11.5. The molecule has 1 rings (SSSR count). The Bertz CT molecular complexity index is 230. The zero-order valence-electron chi connectivity index (χ0n) is 10.6. The summed E-state index contributed by atoms with van der Waals surface area (Å²) in [6.07, 6.45) is 1.22. The van der Waals surface area contributed by atoms with Gasteiger partial charge in [0, 0.05) is 26.2 Å². The van der Waals surface area contributed by atoms with E-state index >= 15 is 0 Å². The third-order valence-corrected chi connectivity index (χ3v) is 3.50. The van der Waals surface area contributed by atoms with Gasteiger partial charge >= 0.3 is 0 Å². The Labute approximate surface area is 107 Å². The highest BCUT2D eigenvalue weighted by Gasteiger charge is 2.21. The first-order chi connectivity index (χ1) is 7.42. The third kappa shape index (κ3) is 4.83. The van der Waals surface area contributed by atoms with Crippen molar-refractivity contribution in [3.05, 3.63) is 0 Å². The van der Waals surface area contributed by atoms with E-state index in [0.717, 1.165) is 32.7 Å². The van der Waals surface area contributed by atoms with Crippen molar-refractivity contribution >= 4 is 21.8 Å². The summed E-state index contributed by atoms with van der Waals surface area (Å²) in [6.45, 7) is 11.8. The summed E-state index contributed by atoms with van der Waals surface area (Å²) in [5.41, 5.74) is 0.406. The van der Waals surface area contributed by atoms with Crippen LogP contribution in [0.25, 0.3) is 0 Å². The van der Waals surface area contributed by atoms with Crippen LogP contribution in [0.5, 0.6) is 0 Å². The Morgan fingerprint density at radius 2 is 1.75 bits per heavy atom. The van der Waals surface area contributed by atoms with Crippen LogP contribution in [-0.4, -0.2) is 53.8 Å². The van der Waals surface area contributed by atoms with Gasteiger partial charge in [-0.15, -0.1) is 0 Å². The minimum Gasteiger partial charge on any atom is -0.339 e. The quantitative estimate of drug-likeness (QED) is 0.742. The first kappa shape index (κ1) is 14.0. The molecule has 0 bridgehead atoms. The van der Waals surface area contributed by atoms with Gasteiger partial charge < -0.3 is 4.90 Å². The fourth-order valence-electron chi connectivity index (χ4n) is 1.80. The smallest absolute Gasteiger partial charge is 0.233 e. The van der Waals surface area contributed by atoms with E-state index in [2.05, 4.69) is 41.6 Å². The molecule has 1 fully saturated rings. The van der Waals surface area contributed by atoms with Gasteiger partial charge in [-0.05, 0) is 18.4 Å². The van der Waals surface area contributed by atoms with Crippen molar-refractivity contribution in [2.45, 2.75) is 27.2 Å². The summed E-state index contributed by atoms with van der Waals surface area (Å²) in [5.74, 6) is 0.218. The lowest BCUT2D eigenvalue weighted by Crippen LogP contribution is -2.49. The molecule has 1 aliphatic heterocycles. The molecule has 0 N–H and O–H groups in total. The topological polar surface area (TPSA) is 23.6 Å². The zero-order chi connectivity index (χ0) is 12.2. The normalized spacial score (nSPS) is 18.9. The summed E-state index contributed by atoms with van der Waals surface area (Å²) in [7, 11) is 0. The van der Waals surface area contributed by atoms with Gasteiger partial charge in [0.15, 0.2) is 0 Å². The van der Waals surface area contributed by atoms with Crippen molar-refractivity contribution in [1.82, 2.24) is 9.80 Å². The van der Waals surface area contributed by atoms with Crippen LogP contribution in [0.1, 0.15) is 27.2 Å². The molecule has 1 amide bonds. The van der Waals surface area contributed by atoms with Crippen molar-refractivity contribution in [3.63, 3.8) is 0 Å². The van der Waals surface area contributed by atoms with Crippen LogP contribution in [0.15, 0.2) is 0 Å². The highest BCUT2D eigenvalue weighted by atomic mass is 79.9. The summed E-state index contributed by atoms with van der Waals surface area (Å²) < 4.78 is 0. The van der Waals surface area contributed by atoms with Crippen molar-refractivity contribution in [2.24, 2.45) is 5.41 Å². The predicted molar refractivity (Wildman–Crippen MR) is 70.9 cm³/mol. The number of hydrogen-bond donors (Lipinski definition) is 0. The van der Waals surface area contributed by atoms with Crippen molar-refractivity contribution in [2.75, 3.05) is 38.1 Å². The highest BCUT2D eigenvalue weighted by Crippen LogP contribution is 2.19. The molecule has 3 nitrogen and oxygen atoms in total. The number of carbonyl (C=O) groups excluding carboxylic acids is 1. The third-order valence-electron chi connectivity index (χ3n) is 3.02. The molecular weight excluding hydrogens is 268 g/mol. The second-order valence-electron chi connectivity index (χ2n) is 5.67. The van der Waals surface area contributed by atoms with Gasteiger partial charge in [-0.1, -0.05) is 36.7 Å². The van der Waals surface area contributed by atoms with Gasteiger partial charge in [-0.3, -0.25) is 9.69 Å². The van der Waals surface area contributed by atoms with E-state index in [0.29, 0.717) is 10.7 Å². The van der Waals surface area contributed by atoms with E-state index in [4.69, 9.17) is 0 Å². The Morgan fingerprint density at radius 1 is 1.19 bits per heavy atom. The largest absolute Gasteiger partial charge is 0.339 e.